The summed E-state index contributed by atoms with van der Waals surface area (Å²) in [7, 11) is 0. The lowest BCUT2D eigenvalue weighted by atomic mass is 10.0. The van der Waals surface area contributed by atoms with Crippen molar-refractivity contribution in [1.29, 1.82) is 0 Å². The van der Waals surface area contributed by atoms with Crippen molar-refractivity contribution in [2.45, 2.75) is 19.1 Å². The van der Waals surface area contributed by atoms with E-state index in [2.05, 4.69) is 5.32 Å². The van der Waals surface area contributed by atoms with E-state index in [1.54, 1.807) is 0 Å². The van der Waals surface area contributed by atoms with Gasteiger partial charge < -0.3 is 5.32 Å². The second-order valence-electron chi connectivity index (χ2n) is 4.55. The molecular formula is C15H12F5N. The van der Waals surface area contributed by atoms with Crippen LogP contribution in [0, 0.1) is 11.6 Å². The molecule has 2 rings (SSSR count). The van der Waals surface area contributed by atoms with Gasteiger partial charge in [0.2, 0.25) is 0 Å². The van der Waals surface area contributed by atoms with Crippen molar-refractivity contribution in [3.8, 4) is 0 Å². The number of benzene rings is 2. The molecule has 0 aliphatic rings. The third-order valence-electron chi connectivity index (χ3n) is 3.06. The number of rotatable bonds is 3. The van der Waals surface area contributed by atoms with Crippen LogP contribution in [-0.2, 0) is 6.18 Å². The first-order chi connectivity index (χ1) is 9.80. The van der Waals surface area contributed by atoms with Gasteiger partial charge in [0, 0.05) is 6.04 Å². The van der Waals surface area contributed by atoms with Gasteiger partial charge in [-0.15, -0.1) is 0 Å². The molecule has 0 spiro atoms. The quantitative estimate of drug-likeness (QED) is 0.772. The zero-order chi connectivity index (χ0) is 15.6. The zero-order valence-electron chi connectivity index (χ0n) is 11.0. The highest BCUT2D eigenvalue weighted by atomic mass is 19.4. The van der Waals surface area contributed by atoms with Crippen LogP contribution in [0.25, 0.3) is 0 Å². The number of halogens is 5. The molecule has 0 aromatic heterocycles. The van der Waals surface area contributed by atoms with Crippen LogP contribution >= 0.6 is 0 Å². The summed E-state index contributed by atoms with van der Waals surface area (Å²) < 4.78 is 65.4. The Labute approximate surface area is 118 Å². The Morgan fingerprint density at radius 2 is 1.62 bits per heavy atom. The van der Waals surface area contributed by atoms with Crippen molar-refractivity contribution < 1.29 is 22.0 Å². The summed E-state index contributed by atoms with van der Waals surface area (Å²) in [6.07, 6.45) is -4.51. The first kappa shape index (κ1) is 15.3. The van der Waals surface area contributed by atoms with Crippen LogP contribution in [0.1, 0.15) is 24.1 Å². The normalized spacial score (nSPS) is 13.0. The van der Waals surface area contributed by atoms with Crippen LogP contribution in [-0.4, -0.2) is 0 Å². The molecule has 1 nitrogen and oxygen atoms in total. The molecule has 1 unspecified atom stereocenters. The lowest BCUT2D eigenvalue weighted by Crippen LogP contribution is -2.15. The van der Waals surface area contributed by atoms with E-state index in [1.165, 1.54) is 37.3 Å². The minimum absolute atomic E-state index is 0.0336. The van der Waals surface area contributed by atoms with Gasteiger partial charge in [0.15, 0.2) is 11.6 Å². The van der Waals surface area contributed by atoms with Gasteiger partial charge in [-0.2, -0.15) is 13.2 Å². The third-order valence-corrected chi connectivity index (χ3v) is 3.06. The molecule has 6 heteroatoms. The summed E-state index contributed by atoms with van der Waals surface area (Å²) in [6, 6.07) is 7.65. The van der Waals surface area contributed by atoms with Crippen molar-refractivity contribution in [2.24, 2.45) is 0 Å². The maximum absolute atomic E-state index is 13.6. The molecule has 2 aromatic rings. The second-order valence-corrected chi connectivity index (χ2v) is 4.55. The van der Waals surface area contributed by atoms with Gasteiger partial charge in [0.1, 0.15) is 0 Å². The molecule has 0 amide bonds. The monoisotopic (exact) mass is 301 g/mol. The van der Waals surface area contributed by atoms with Gasteiger partial charge in [0.05, 0.1) is 11.3 Å². The predicted molar refractivity (Wildman–Crippen MR) is 69.8 cm³/mol. The Kier molecular flexibility index (Phi) is 4.16. The van der Waals surface area contributed by atoms with Gasteiger partial charge >= 0.3 is 6.18 Å². The fourth-order valence-corrected chi connectivity index (χ4v) is 2.06. The largest absolute Gasteiger partial charge is 0.416 e. The van der Waals surface area contributed by atoms with Crippen molar-refractivity contribution in [1.82, 2.24) is 0 Å². The Morgan fingerprint density at radius 3 is 2.29 bits per heavy atom. The topological polar surface area (TPSA) is 12.0 Å². The highest BCUT2D eigenvalue weighted by Gasteiger charge is 2.34. The second kappa shape index (κ2) is 5.71. The molecule has 1 N–H and O–H groups in total. The van der Waals surface area contributed by atoms with Crippen LogP contribution in [0.15, 0.2) is 42.5 Å². The van der Waals surface area contributed by atoms with Crippen molar-refractivity contribution in [3.63, 3.8) is 0 Å². The summed E-state index contributed by atoms with van der Waals surface area (Å²) in [5.41, 5.74) is -1.02. The zero-order valence-corrected chi connectivity index (χ0v) is 11.0. The van der Waals surface area contributed by atoms with Crippen molar-refractivity contribution in [2.75, 3.05) is 5.32 Å². The minimum atomic E-state index is -4.51. The van der Waals surface area contributed by atoms with Crippen LogP contribution in [0.2, 0.25) is 0 Å². The van der Waals surface area contributed by atoms with Crippen molar-refractivity contribution in [3.05, 3.63) is 65.2 Å². The average Bonchev–Trinajstić information content (AvgIpc) is 2.43. The molecule has 0 fully saturated rings. The molecule has 21 heavy (non-hydrogen) atoms. The number of hydrogen-bond acceptors (Lipinski definition) is 1. The van der Waals surface area contributed by atoms with E-state index < -0.39 is 29.4 Å². The lowest BCUT2D eigenvalue weighted by molar-refractivity contribution is -0.138. The molecule has 2 aromatic carbocycles. The maximum atomic E-state index is 13.6. The summed E-state index contributed by atoms with van der Waals surface area (Å²) >= 11 is 0. The summed E-state index contributed by atoms with van der Waals surface area (Å²) in [6.45, 7) is 1.45. The predicted octanol–water partition coefficient (Wildman–Crippen LogP) is 5.16. The summed E-state index contributed by atoms with van der Waals surface area (Å²) in [4.78, 5) is 0. The Morgan fingerprint density at radius 1 is 0.952 bits per heavy atom. The first-order valence-corrected chi connectivity index (χ1v) is 6.17. The van der Waals surface area contributed by atoms with E-state index in [4.69, 9.17) is 0 Å². The van der Waals surface area contributed by atoms with Gasteiger partial charge in [-0.05, 0) is 30.7 Å². The van der Waals surface area contributed by atoms with E-state index >= 15 is 0 Å². The molecule has 0 radical (unpaired) electrons. The van der Waals surface area contributed by atoms with Crippen LogP contribution < -0.4 is 5.32 Å². The lowest BCUT2D eigenvalue weighted by Gasteiger charge is -2.20. The standard InChI is InChI=1S/C15H12F5N/c1-9(21-13-8-4-7-12(16)14(13)17)10-5-2-3-6-11(10)15(18,19)20/h2-9,21H,1H3. The van der Waals surface area contributed by atoms with E-state index in [0.717, 1.165) is 12.1 Å². The Balaban J connectivity index is 2.33. The molecule has 0 aliphatic heterocycles. The fourth-order valence-electron chi connectivity index (χ4n) is 2.06. The van der Waals surface area contributed by atoms with Gasteiger partial charge in [0.25, 0.3) is 0 Å². The highest BCUT2D eigenvalue weighted by molar-refractivity contribution is 5.48. The van der Waals surface area contributed by atoms with E-state index in [-0.39, 0.29) is 11.3 Å². The van der Waals surface area contributed by atoms with E-state index in [1.807, 2.05) is 0 Å². The first-order valence-electron chi connectivity index (χ1n) is 6.17. The molecule has 112 valence electrons. The van der Waals surface area contributed by atoms with Gasteiger partial charge in [-0.1, -0.05) is 24.3 Å². The molecule has 0 saturated heterocycles. The van der Waals surface area contributed by atoms with Crippen LogP contribution in [0.3, 0.4) is 0 Å². The van der Waals surface area contributed by atoms with E-state index in [0.29, 0.717) is 0 Å². The molecule has 0 bridgehead atoms. The van der Waals surface area contributed by atoms with Crippen LogP contribution in [0.5, 0.6) is 0 Å². The molecule has 0 saturated carbocycles. The molecule has 0 aliphatic carbocycles. The van der Waals surface area contributed by atoms with Gasteiger partial charge in [-0.25, -0.2) is 8.78 Å². The SMILES string of the molecule is CC(Nc1cccc(F)c1F)c1ccccc1C(F)(F)F. The Bertz CT molecular complexity index is 636. The van der Waals surface area contributed by atoms with Crippen molar-refractivity contribution >= 4 is 5.69 Å². The number of alkyl halides is 3. The average molecular weight is 301 g/mol. The highest BCUT2D eigenvalue weighted by Crippen LogP contribution is 2.35. The number of nitrogens with one attached hydrogen (secondary N) is 1. The number of anilines is 1. The molecule has 1 atom stereocenters. The third kappa shape index (κ3) is 3.32. The number of hydrogen-bond donors (Lipinski definition) is 1. The molecular weight excluding hydrogens is 289 g/mol. The fraction of sp³-hybridized carbons (Fsp3) is 0.200. The van der Waals surface area contributed by atoms with Crippen LogP contribution in [0.4, 0.5) is 27.6 Å². The smallest absolute Gasteiger partial charge is 0.376 e. The summed E-state index contributed by atoms with van der Waals surface area (Å²) in [5.74, 6) is -2.18. The maximum Gasteiger partial charge on any atom is 0.416 e. The summed E-state index contributed by atoms with van der Waals surface area (Å²) in [5, 5.41) is 2.56. The van der Waals surface area contributed by atoms with E-state index in [9.17, 15) is 22.0 Å². The molecule has 0 heterocycles. The van der Waals surface area contributed by atoms with Gasteiger partial charge in [-0.3, -0.25) is 0 Å². The minimum Gasteiger partial charge on any atom is -0.376 e. The Hall–Kier alpha value is -2.11.